The molecule has 0 bridgehead atoms. The highest BCUT2D eigenvalue weighted by Crippen LogP contribution is 2.27. The molecule has 0 unspecified atom stereocenters. The lowest BCUT2D eigenvalue weighted by Gasteiger charge is -2.09. The van der Waals surface area contributed by atoms with Crippen molar-refractivity contribution in [1.29, 1.82) is 0 Å². The predicted molar refractivity (Wildman–Crippen MR) is 126 cm³/mol. The highest BCUT2D eigenvalue weighted by molar-refractivity contribution is 7.99. The van der Waals surface area contributed by atoms with Gasteiger partial charge in [-0.25, -0.2) is 0 Å². The summed E-state index contributed by atoms with van der Waals surface area (Å²) in [4.78, 5) is 17.4. The second-order valence-corrected chi connectivity index (χ2v) is 8.78. The number of thioether (sulfide) groups is 1. The highest BCUT2D eigenvalue weighted by atomic mass is 32.2. The van der Waals surface area contributed by atoms with Crippen LogP contribution in [0.1, 0.15) is 33.3 Å². The average molecular weight is 475 g/mol. The molecule has 5 aromatic rings. The second kappa shape index (κ2) is 9.14. The van der Waals surface area contributed by atoms with Crippen LogP contribution in [0.4, 0.5) is 0 Å². The molecule has 0 aliphatic carbocycles. The summed E-state index contributed by atoms with van der Waals surface area (Å²) in [6.07, 6.45) is 5.08. The molecular formula is C24H22N6O3S. The number of rotatable bonds is 8. The van der Waals surface area contributed by atoms with Crippen molar-refractivity contribution in [3.8, 4) is 17.2 Å². The Labute approximate surface area is 199 Å². The normalized spacial score (nSPS) is 11.3. The van der Waals surface area contributed by atoms with Gasteiger partial charge < -0.3 is 8.94 Å². The quantitative estimate of drug-likeness (QED) is 0.236. The van der Waals surface area contributed by atoms with E-state index in [1.54, 1.807) is 18.7 Å². The molecule has 5 aromatic heterocycles. The van der Waals surface area contributed by atoms with Crippen LogP contribution in [-0.2, 0) is 6.54 Å². The second-order valence-electron chi connectivity index (χ2n) is 7.84. The Balaban J connectivity index is 1.40. The molecule has 34 heavy (non-hydrogen) atoms. The Morgan fingerprint density at radius 1 is 1.12 bits per heavy atom. The molecule has 0 atom stereocenters. The van der Waals surface area contributed by atoms with Gasteiger partial charge in [0.05, 0.1) is 18.6 Å². The Morgan fingerprint density at radius 2 is 2.00 bits per heavy atom. The Morgan fingerprint density at radius 3 is 2.71 bits per heavy atom. The van der Waals surface area contributed by atoms with E-state index in [-0.39, 0.29) is 11.5 Å². The van der Waals surface area contributed by atoms with E-state index in [9.17, 15) is 4.79 Å². The molecule has 0 saturated carbocycles. The third kappa shape index (κ3) is 4.19. The summed E-state index contributed by atoms with van der Waals surface area (Å²) in [5, 5.41) is 13.5. The first-order valence-electron chi connectivity index (χ1n) is 10.7. The lowest BCUT2D eigenvalue weighted by atomic mass is 10.2. The van der Waals surface area contributed by atoms with Crippen LogP contribution < -0.4 is 0 Å². The van der Waals surface area contributed by atoms with E-state index < -0.39 is 0 Å². The van der Waals surface area contributed by atoms with E-state index in [4.69, 9.17) is 8.94 Å². The van der Waals surface area contributed by atoms with Crippen LogP contribution in [0, 0.1) is 20.8 Å². The summed E-state index contributed by atoms with van der Waals surface area (Å²) in [5.74, 6) is 3.03. The summed E-state index contributed by atoms with van der Waals surface area (Å²) in [7, 11) is 0. The van der Waals surface area contributed by atoms with Crippen LogP contribution in [0.25, 0.3) is 17.2 Å². The first-order valence-corrected chi connectivity index (χ1v) is 11.6. The van der Waals surface area contributed by atoms with Crippen LogP contribution in [-0.4, -0.2) is 41.0 Å². The number of furan rings is 1. The van der Waals surface area contributed by atoms with Crippen molar-refractivity contribution in [2.45, 2.75) is 32.5 Å². The van der Waals surface area contributed by atoms with Crippen molar-refractivity contribution >= 4 is 17.5 Å². The van der Waals surface area contributed by atoms with Gasteiger partial charge in [-0.15, -0.1) is 10.2 Å². The molecule has 0 saturated heterocycles. The van der Waals surface area contributed by atoms with Gasteiger partial charge in [0.2, 0.25) is 0 Å². The van der Waals surface area contributed by atoms with Crippen LogP contribution in [0.15, 0.2) is 69.2 Å². The zero-order chi connectivity index (χ0) is 23.7. The van der Waals surface area contributed by atoms with Crippen molar-refractivity contribution in [3.63, 3.8) is 0 Å². The van der Waals surface area contributed by atoms with Crippen LogP contribution in [0.2, 0.25) is 0 Å². The Kier molecular flexibility index (Phi) is 5.89. The van der Waals surface area contributed by atoms with Crippen LogP contribution >= 0.6 is 11.8 Å². The molecule has 0 fully saturated rings. The predicted octanol–water partition coefficient (Wildman–Crippen LogP) is 4.66. The third-order valence-electron chi connectivity index (χ3n) is 5.44. The molecule has 172 valence electrons. The number of carbonyl (C=O) groups excluding carboxylic acids is 1. The van der Waals surface area contributed by atoms with Gasteiger partial charge in [-0.1, -0.05) is 16.9 Å². The lowest BCUT2D eigenvalue weighted by molar-refractivity contribution is 0.102. The van der Waals surface area contributed by atoms with Gasteiger partial charge >= 0.3 is 0 Å². The van der Waals surface area contributed by atoms with Crippen molar-refractivity contribution in [2.75, 3.05) is 5.75 Å². The maximum Gasteiger partial charge on any atom is 0.192 e. The van der Waals surface area contributed by atoms with E-state index in [1.807, 2.05) is 66.3 Å². The molecule has 0 radical (unpaired) electrons. The number of Topliss-reactive ketones (excluding diaryl/α,β-unsaturated/α-hetero) is 1. The average Bonchev–Trinajstić information content (AvgIpc) is 3.62. The van der Waals surface area contributed by atoms with Crippen molar-refractivity contribution in [3.05, 3.63) is 83.5 Å². The molecule has 10 heteroatoms. The summed E-state index contributed by atoms with van der Waals surface area (Å²) < 4.78 is 14.6. The number of carbonyl (C=O) groups is 1. The third-order valence-corrected chi connectivity index (χ3v) is 6.41. The molecule has 0 spiro atoms. The largest absolute Gasteiger partial charge is 0.467 e. The molecule has 5 rings (SSSR count). The monoisotopic (exact) mass is 474 g/mol. The summed E-state index contributed by atoms with van der Waals surface area (Å²) in [6, 6.07) is 11.2. The molecular weight excluding hydrogens is 452 g/mol. The number of aromatic nitrogens is 6. The van der Waals surface area contributed by atoms with Gasteiger partial charge in [-0.2, -0.15) is 0 Å². The van der Waals surface area contributed by atoms with Gasteiger partial charge in [0.1, 0.15) is 11.5 Å². The van der Waals surface area contributed by atoms with E-state index in [2.05, 4.69) is 20.3 Å². The first-order chi connectivity index (χ1) is 16.5. The van der Waals surface area contributed by atoms with Crippen LogP contribution in [0.3, 0.4) is 0 Å². The number of nitrogens with zero attached hydrogens (tertiary/aromatic N) is 6. The molecule has 0 N–H and O–H groups in total. The van der Waals surface area contributed by atoms with Gasteiger partial charge in [0, 0.05) is 41.0 Å². The number of hydrogen-bond donors (Lipinski definition) is 0. The molecule has 5 heterocycles. The van der Waals surface area contributed by atoms with E-state index >= 15 is 0 Å². The number of ketones is 1. The highest BCUT2D eigenvalue weighted by Gasteiger charge is 2.21. The minimum absolute atomic E-state index is 0.0000400. The zero-order valence-corrected chi connectivity index (χ0v) is 19.7. The summed E-state index contributed by atoms with van der Waals surface area (Å²) in [6.45, 7) is 6.14. The lowest BCUT2D eigenvalue weighted by Crippen LogP contribution is -2.08. The van der Waals surface area contributed by atoms with Gasteiger partial charge in [0.15, 0.2) is 22.6 Å². The topological polar surface area (TPSA) is 105 Å². The molecule has 0 amide bonds. The van der Waals surface area contributed by atoms with E-state index in [0.717, 1.165) is 22.7 Å². The van der Waals surface area contributed by atoms with E-state index in [1.165, 1.54) is 11.8 Å². The van der Waals surface area contributed by atoms with Crippen molar-refractivity contribution in [1.82, 2.24) is 29.5 Å². The summed E-state index contributed by atoms with van der Waals surface area (Å²) >= 11 is 1.35. The fraction of sp³-hybridized carbons (Fsp3) is 0.208. The van der Waals surface area contributed by atoms with Gasteiger partial charge in [-0.3, -0.25) is 18.9 Å². The Bertz CT molecular complexity index is 1430. The SMILES string of the molecule is Cc1cc(-n2c(C)cc(C(=O)CSc3nnc(-c4cccnc4)n3Cc3ccco3)c2C)no1. The Hall–Kier alpha value is -3.92. The van der Waals surface area contributed by atoms with E-state index in [0.29, 0.717) is 34.7 Å². The maximum absolute atomic E-state index is 13.2. The smallest absolute Gasteiger partial charge is 0.192 e. The molecule has 0 aromatic carbocycles. The number of hydrogen-bond acceptors (Lipinski definition) is 8. The van der Waals surface area contributed by atoms with Gasteiger partial charge in [-0.05, 0) is 51.1 Å². The molecule has 9 nitrogen and oxygen atoms in total. The van der Waals surface area contributed by atoms with Crippen molar-refractivity contribution in [2.24, 2.45) is 0 Å². The molecule has 0 aliphatic heterocycles. The molecule has 0 aliphatic rings. The standard InChI is InChI=1S/C24H22N6O3S/c1-15-10-20(17(3)30(15)22-11-16(2)33-28-22)21(31)14-34-24-27-26-23(18-6-4-8-25-12-18)29(24)13-19-7-5-9-32-19/h4-12H,13-14H2,1-3H3. The first kappa shape index (κ1) is 21.9. The summed E-state index contributed by atoms with van der Waals surface area (Å²) in [5.41, 5.74) is 3.23. The zero-order valence-electron chi connectivity index (χ0n) is 18.9. The maximum atomic E-state index is 13.2. The minimum Gasteiger partial charge on any atom is -0.467 e. The number of aryl methyl sites for hydroxylation is 2. The van der Waals surface area contributed by atoms with Gasteiger partial charge in [0.25, 0.3) is 0 Å². The van der Waals surface area contributed by atoms with Crippen LogP contribution in [0.5, 0.6) is 0 Å². The number of pyridine rings is 1. The minimum atomic E-state index is 0.0000400. The fourth-order valence-corrected chi connectivity index (χ4v) is 4.69. The van der Waals surface area contributed by atoms with Crippen molar-refractivity contribution < 1.29 is 13.7 Å². The fourth-order valence-electron chi connectivity index (χ4n) is 3.87.